The maximum atomic E-state index is 13.4. The molecule has 33 heavy (non-hydrogen) atoms. The van der Waals surface area contributed by atoms with E-state index in [-0.39, 0.29) is 16.8 Å². The van der Waals surface area contributed by atoms with Crippen molar-refractivity contribution in [3.63, 3.8) is 0 Å². The van der Waals surface area contributed by atoms with Gasteiger partial charge in [0.25, 0.3) is 11.7 Å². The first kappa shape index (κ1) is 22.3. The van der Waals surface area contributed by atoms with Gasteiger partial charge < -0.3 is 5.11 Å². The average Bonchev–Trinajstić information content (AvgIpc) is 3.04. The Labute approximate surface area is 186 Å². The zero-order valence-corrected chi connectivity index (χ0v) is 17.2. The molecule has 0 aromatic heterocycles. The predicted molar refractivity (Wildman–Crippen MR) is 114 cm³/mol. The minimum atomic E-state index is -4.56. The van der Waals surface area contributed by atoms with Crippen molar-refractivity contribution >= 4 is 23.1 Å². The van der Waals surface area contributed by atoms with Crippen LogP contribution < -0.4 is 4.90 Å². The smallest absolute Gasteiger partial charge is 0.416 e. The summed E-state index contributed by atoms with van der Waals surface area (Å²) in [5.74, 6) is -3.04. The topological polar surface area (TPSA) is 57.6 Å². The van der Waals surface area contributed by atoms with Crippen molar-refractivity contribution in [2.45, 2.75) is 19.1 Å². The number of halogens is 4. The minimum absolute atomic E-state index is 0.0662. The van der Waals surface area contributed by atoms with Gasteiger partial charge in [-0.3, -0.25) is 14.5 Å². The highest BCUT2D eigenvalue weighted by molar-refractivity contribution is 6.51. The molecule has 1 aliphatic heterocycles. The molecule has 4 nitrogen and oxygen atoms in total. The molecule has 1 heterocycles. The van der Waals surface area contributed by atoms with Gasteiger partial charge in [-0.15, -0.1) is 0 Å². The second kappa shape index (κ2) is 8.20. The molecular weight excluding hydrogens is 438 g/mol. The molecule has 8 heteroatoms. The van der Waals surface area contributed by atoms with Crippen LogP contribution in [0.5, 0.6) is 0 Å². The van der Waals surface area contributed by atoms with Crippen LogP contribution in [-0.2, 0) is 15.8 Å². The SMILES string of the molecule is Cc1ccccc1C1/C(=C(\O)c2ccc(F)cc2)C(=O)C(=O)N1c1ccc(C(F)(F)F)cc1. The van der Waals surface area contributed by atoms with Gasteiger partial charge in [0, 0.05) is 11.3 Å². The van der Waals surface area contributed by atoms with Crippen molar-refractivity contribution in [3.8, 4) is 0 Å². The number of aliphatic hydroxyl groups is 1. The van der Waals surface area contributed by atoms with Crippen molar-refractivity contribution in [2.24, 2.45) is 0 Å². The summed E-state index contributed by atoms with van der Waals surface area (Å²) in [6, 6.07) is 14.4. The second-order valence-corrected chi connectivity index (χ2v) is 7.58. The van der Waals surface area contributed by atoms with Crippen molar-refractivity contribution in [2.75, 3.05) is 4.90 Å². The largest absolute Gasteiger partial charge is 0.507 e. The molecule has 0 bridgehead atoms. The van der Waals surface area contributed by atoms with Crippen molar-refractivity contribution < 1.29 is 32.3 Å². The molecule has 0 radical (unpaired) electrons. The van der Waals surface area contributed by atoms with E-state index in [4.69, 9.17) is 0 Å². The molecule has 1 atom stereocenters. The number of ketones is 1. The van der Waals surface area contributed by atoms with Crippen LogP contribution in [0.2, 0.25) is 0 Å². The molecule has 1 unspecified atom stereocenters. The summed E-state index contributed by atoms with van der Waals surface area (Å²) in [5.41, 5.74) is 0.269. The number of carbonyl (C=O) groups excluding carboxylic acids is 2. The Morgan fingerprint density at radius 3 is 2.09 bits per heavy atom. The first-order valence-corrected chi connectivity index (χ1v) is 9.89. The Balaban J connectivity index is 1.92. The third-order valence-electron chi connectivity index (χ3n) is 5.52. The van der Waals surface area contributed by atoms with E-state index in [9.17, 15) is 32.3 Å². The fourth-order valence-electron chi connectivity index (χ4n) is 3.86. The number of nitrogens with zero attached hydrogens (tertiary/aromatic N) is 1. The average molecular weight is 455 g/mol. The van der Waals surface area contributed by atoms with Crippen LogP contribution in [0.4, 0.5) is 23.2 Å². The molecule has 4 rings (SSSR count). The first-order valence-electron chi connectivity index (χ1n) is 9.89. The third kappa shape index (κ3) is 4.00. The van der Waals surface area contributed by atoms with E-state index in [1.54, 1.807) is 31.2 Å². The van der Waals surface area contributed by atoms with E-state index in [2.05, 4.69) is 0 Å². The summed E-state index contributed by atoms with van der Waals surface area (Å²) in [5, 5.41) is 10.9. The summed E-state index contributed by atoms with van der Waals surface area (Å²) in [7, 11) is 0. The number of aryl methyl sites for hydroxylation is 1. The minimum Gasteiger partial charge on any atom is -0.507 e. The molecule has 1 aliphatic rings. The Hall–Kier alpha value is -3.94. The highest BCUT2D eigenvalue weighted by Gasteiger charge is 2.47. The van der Waals surface area contributed by atoms with Gasteiger partial charge in [0.1, 0.15) is 11.6 Å². The van der Waals surface area contributed by atoms with Gasteiger partial charge in [0.05, 0.1) is 17.2 Å². The number of anilines is 1. The predicted octanol–water partition coefficient (Wildman–Crippen LogP) is 5.78. The Morgan fingerprint density at radius 1 is 0.909 bits per heavy atom. The highest BCUT2D eigenvalue weighted by atomic mass is 19.4. The number of rotatable bonds is 3. The third-order valence-corrected chi connectivity index (χ3v) is 5.52. The Kier molecular flexibility index (Phi) is 5.53. The summed E-state index contributed by atoms with van der Waals surface area (Å²) in [4.78, 5) is 27.1. The molecular formula is C25H17F4NO3. The molecule has 0 aliphatic carbocycles. The zero-order valence-electron chi connectivity index (χ0n) is 17.2. The Bertz CT molecular complexity index is 1260. The fourth-order valence-corrected chi connectivity index (χ4v) is 3.86. The van der Waals surface area contributed by atoms with E-state index in [0.717, 1.165) is 41.3 Å². The molecule has 1 amide bonds. The fraction of sp³-hybridized carbons (Fsp3) is 0.120. The van der Waals surface area contributed by atoms with Gasteiger partial charge in [0.15, 0.2) is 0 Å². The lowest BCUT2D eigenvalue weighted by molar-refractivity contribution is -0.137. The van der Waals surface area contributed by atoms with E-state index >= 15 is 0 Å². The molecule has 3 aromatic rings. The van der Waals surface area contributed by atoms with Crippen molar-refractivity contribution in [1.82, 2.24) is 0 Å². The number of hydrogen-bond donors (Lipinski definition) is 1. The van der Waals surface area contributed by atoms with Gasteiger partial charge in [-0.05, 0) is 66.6 Å². The van der Waals surface area contributed by atoms with Crippen LogP contribution in [0.1, 0.15) is 28.3 Å². The number of hydrogen-bond acceptors (Lipinski definition) is 3. The van der Waals surface area contributed by atoms with Gasteiger partial charge in [-0.2, -0.15) is 13.2 Å². The van der Waals surface area contributed by atoms with Crippen LogP contribution in [0.3, 0.4) is 0 Å². The van der Waals surface area contributed by atoms with Crippen LogP contribution in [0, 0.1) is 12.7 Å². The summed E-state index contributed by atoms with van der Waals surface area (Å²) < 4.78 is 52.4. The monoisotopic (exact) mass is 455 g/mol. The van der Waals surface area contributed by atoms with Crippen LogP contribution in [-0.4, -0.2) is 16.8 Å². The van der Waals surface area contributed by atoms with E-state index < -0.39 is 41.0 Å². The molecule has 1 saturated heterocycles. The van der Waals surface area contributed by atoms with Crippen molar-refractivity contribution in [3.05, 3.63) is 106 Å². The summed E-state index contributed by atoms with van der Waals surface area (Å²) in [6.07, 6.45) is -4.56. The summed E-state index contributed by atoms with van der Waals surface area (Å²) >= 11 is 0. The summed E-state index contributed by atoms with van der Waals surface area (Å²) in [6.45, 7) is 1.75. The molecule has 1 N–H and O–H groups in total. The zero-order chi connectivity index (χ0) is 23.9. The number of aliphatic hydroxyl groups excluding tert-OH is 1. The van der Waals surface area contributed by atoms with Gasteiger partial charge in [-0.25, -0.2) is 4.39 Å². The second-order valence-electron chi connectivity index (χ2n) is 7.58. The lowest BCUT2D eigenvalue weighted by Crippen LogP contribution is -2.29. The van der Waals surface area contributed by atoms with Crippen molar-refractivity contribution in [1.29, 1.82) is 0 Å². The van der Waals surface area contributed by atoms with Crippen LogP contribution >= 0.6 is 0 Å². The van der Waals surface area contributed by atoms with Gasteiger partial charge in [-0.1, -0.05) is 24.3 Å². The molecule has 0 saturated carbocycles. The quantitative estimate of drug-likeness (QED) is 0.236. The number of alkyl halides is 3. The molecule has 3 aromatic carbocycles. The van der Waals surface area contributed by atoms with E-state index in [1.165, 1.54) is 12.1 Å². The number of carbonyl (C=O) groups is 2. The first-order chi connectivity index (χ1) is 15.6. The normalized spacial score (nSPS) is 18.1. The van der Waals surface area contributed by atoms with Crippen LogP contribution in [0.25, 0.3) is 5.76 Å². The molecule has 0 spiro atoms. The number of amides is 1. The van der Waals surface area contributed by atoms with Gasteiger partial charge >= 0.3 is 6.18 Å². The maximum Gasteiger partial charge on any atom is 0.416 e. The Morgan fingerprint density at radius 2 is 1.52 bits per heavy atom. The van der Waals surface area contributed by atoms with Crippen LogP contribution in [0.15, 0.2) is 78.4 Å². The van der Waals surface area contributed by atoms with E-state index in [1.807, 2.05) is 0 Å². The highest BCUT2D eigenvalue weighted by Crippen LogP contribution is 2.43. The standard InChI is InChI=1S/C25H17F4NO3/c1-14-4-2-3-5-19(14)21-20(22(31)15-6-10-17(26)11-7-15)23(32)24(33)30(21)18-12-8-16(9-13-18)25(27,28)29/h2-13,21,31H,1H3/b22-20+. The number of Topliss-reactive ketones (excluding diaryl/α,β-unsaturated/α-hetero) is 1. The lowest BCUT2D eigenvalue weighted by Gasteiger charge is -2.27. The maximum absolute atomic E-state index is 13.4. The van der Waals surface area contributed by atoms with E-state index in [0.29, 0.717) is 11.1 Å². The molecule has 1 fully saturated rings. The number of benzene rings is 3. The van der Waals surface area contributed by atoms with Gasteiger partial charge in [0.2, 0.25) is 0 Å². The lowest BCUT2D eigenvalue weighted by atomic mass is 9.92. The molecule has 168 valence electrons.